The number of aromatic nitrogens is 4. The van der Waals surface area contributed by atoms with Crippen molar-refractivity contribution in [2.45, 2.75) is 20.8 Å². The van der Waals surface area contributed by atoms with Gasteiger partial charge in [-0.3, -0.25) is 10.1 Å². The third-order valence-electron chi connectivity index (χ3n) is 4.07. The topological polar surface area (TPSA) is 77.9 Å². The summed E-state index contributed by atoms with van der Waals surface area (Å²) in [7, 11) is 0. The zero-order valence-electron chi connectivity index (χ0n) is 14.1. The Labute approximate surface area is 141 Å². The highest BCUT2D eigenvalue weighted by atomic mass is 16.3. The van der Waals surface area contributed by atoms with Crippen LogP contribution in [0, 0.1) is 6.92 Å². The quantitative estimate of drug-likeness (QED) is 0.752. The molecule has 0 saturated heterocycles. The molecule has 2 aromatic heterocycles. The van der Waals surface area contributed by atoms with Crippen LogP contribution < -0.4 is 4.90 Å². The number of phenolic OH excluding ortho intramolecular Hbond substituents is 1. The summed E-state index contributed by atoms with van der Waals surface area (Å²) in [6, 6.07) is 9.45. The highest BCUT2D eigenvalue weighted by Gasteiger charge is 2.14. The summed E-state index contributed by atoms with van der Waals surface area (Å²) in [5.41, 5.74) is 3.35. The molecule has 3 rings (SSSR count). The molecule has 6 nitrogen and oxygen atoms in total. The molecule has 0 bridgehead atoms. The first kappa shape index (κ1) is 16.0. The molecule has 0 saturated carbocycles. The Balaban J connectivity index is 1.95. The van der Waals surface area contributed by atoms with Crippen LogP contribution in [0.25, 0.3) is 22.9 Å². The Morgan fingerprint density at radius 2 is 1.96 bits per heavy atom. The second-order valence-corrected chi connectivity index (χ2v) is 5.55. The monoisotopic (exact) mass is 323 g/mol. The van der Waals surface area contributed by atoms with E-state index >= 15 is 0 Å². The highest BCUT2D eigenvalue weighted by Crippen LogP contribution is 2.31. The molecule has 0 aliphatic rings. The summed E-state index contributed by atoms with van der Waals surface area (Å²) < 4.78 is 0. The molecule has 0 spiro atoms. The second kappa shape index (κ2) is 6.70. The first-order valence-electron chi connectivity index (χ1n) is 8.06. The van der Waals surface area contributed by atoms with Crippen LogP contribution in [0.15, 0.2) is 36.5 Å². The number of phenols is 1. The average Bonchev–Trinajstić information content (AvgIpc) is 3.06. The lowest BCUT2D eigenvalue weighted by atomic mass is 10.1. The first-order valence-corrected chi connectivity index (χ1v) is 8.06. The van der Waals surface area contributed by atoms with Gasteiger partial charge in [-0.25, -0.2) is 4.98 Å². The van der Waals surface area contributed by atoms with Gasteiger partial charge in [0.2, 0.25) is 0 Å². The summed E-state index contributed by atoms with van der Waals surface area (Å²) in [5.74, 6) is 1.23. The number of nitrogens with one attached hydrogen (secondary N) is 1. The van der Waals surface area contributed by atoms with Gasteiger partial charge in [-0.2, -0.15) is 5.10 Å². The van der Waals surface area contributed by atoms with E-state index in [0.29, 0.717) is 17.2 Å². The number of hydrogen-bond donors (Lipinski definition) is 2. The van der Waals surface area contributed by atoms with Crippen molar-refractivity contribution in [3.8, 4) is 28.7 Å². The third kappa shape index (κ3) is 2.95. The fourth-order valence-electron chi connectivity index (χ4n) is 2.71. The van der Waals surface area contributed by atoms with Crippen molar-refractivity contribution in [1.29, 1.82) is 0 Å². The lowest BCUT2D eigenvalue weighted by molar-refractivity contribution is 0.477. The molecule has 0 aliphatic carbocycles. The van der Waals surface area contributed by atoms with Gasteiger partial charge in [0.05, 0.1) is 5.56 Å². The van der Waals surface area contributed by atoms with Gasteiger partial charge in [-0.05, 0) is 44.5 Å². The smallest absolute Gasteiger partial charge is 0.200 e. The van der Waals surface area contributed by atoms with Crippen LogP contribution in [0.1, 0.15) is 19.4 Å². The van der Waals surface area contributed by atoms with Crippen molar-refractivity contribution < 1.29 is 5.11 Å². The Bertz CT molecular complexity index is 839. The largest absolute Gasteiger partial charge is 0.507 e. The Morgan fingerprint density at radius 3 is 2.62 bits per heavy atom. The van der Waals surface area contributed by atoms with Gasteiger partial charge in [-0.1, -0.05) is 6.07 Å². The van der Waals surface area contributed by atoms with Gasteiger partial charge in [0.1, 0.15) is 11.4 Å². The maximum Gasteiger partial charge on any atom is 0.200 e. The van der Waals surface area contributed by atoms with Gasteiger partial charge in [0.15, 0.2) is 11.6 Å². The summed E-state index contributed by atoms with van der Waals surface area (Å²) in [4.78, 5) is 11.0. The van der Waals surface area contributed by atoms with Crippen molar-refractivity contribution in [1.82, 2.24) is 20.2 Å². The average molecular weight is 323 g/mol. The molecule has 0 unspecified atom stereocenters. The number of rotatable bonds is 5. The lowest BCUT2D eigenvalue weighted by Crippen LogP contribution is -2.21. The predicted molar refractivity (Wildman–Crippen MR) is 95.0 cm³/mol. The highest BCUT2D eigenvalue weighted by molar-refractivity contribution is 5.70. The van der Waals surface area contributed by atoms with Gasteiger partial charge in [0, 0.05) is 31.0 Å². The van der Waals surface area contributed by atoms with E-state index in [1.54, 1.807) is 12.3 Å². The van der Waals surface area contributed by atoms with Crippen molar-refractivity contribution in [2.24, 2.45) is 0 Å². The maximum atomic E-state index is 10.4. The molecule has 2 N–H and O–H groups in total. The van der Waals surface area contributed by atoms with E-state index in [2.05, 4.69) is 38.9 Å². The van der Waals surface area contributed by atoms with Crippen LogP contribution in [0.5, 0.6) is 5.75 Å². The normalized spacial score (nSPS) is 10.8. The number of pyridine rings is 1. The molecular weight excluding hydrogens is 302 g/mol. The van der Waals surface area contributed by atoms with Gasteiger partial charge >= 0.3 is 0 Å². The Hall–Kier alpha value is -2.89. The zero-order chi connectivity index (χ0) is 17.1. The molecule has 124 valence electrons. The minimum atomic E-state index is 0.180. The molecule has 0 atom stereocenters. The number of H-pyrrole nitrogens is 1. The number of anilines is 1. The molecule has 2 heterocycles. The molecule has 0 aliphatic heterocycles. The number of benzene rings is 1. The SMILES string of the molecule is CCN(CC)c1ccc(-c2nc(-c3ncccc3C)n[nH]2)c(O)c1. The van der Waals surface area contributed by atoms with Crippen molar-refractivity contribution in [3.05, 3.63) is 42.1 Å². The Morgan fingerprint density at radius 1 is 1.17 bits per heavy atom. The summed E-state index contributed by atoms with van der Waals surface area (Å²) in [6.45, 7) is 7.93. The van der Waals surface area contributed by atoms with Crippen LogP contribution in [-0.2, 0) is 0 Å². The molecular formula is C18H21N5O. The van der Waals surface area contributed by atoms with E-state index in [0.717, 1.165) is 30.0 Å². The molecule has 0 amide bonds. The Kier molecular flexibility index (Phi) is 4.46. The number of aryl methyl sites for hydroxylation is 1. The molecule has 0 fully saturated rings. The van der Waals surface area contributed by atoms with E-state index in [-0.39, 0.29) is 5.75 Å². The van der Waals surface area contributed by atoms with Gasteiger partial charge in [0.25, 0.3) is 0 Å². The van der Waals surface area contributed by atoms with Crippen LogP contribution in [0.3, 0.4) is 0 Å². The zero-order valence-corrected chi connectivity index (χ0v) is 14.1. The van der Waals surface area contributed by atoms with E-state index in [4.69, 9.17) is 0 Å². The molecule has 24 heavy (non-hydrogen) atoms. The molecule has 6 heteroatoms. The number of hydrogen-bond acceptors (Lipinski definition) is 5. The van der Waals surface area contributed by atoms with Crippen molar-refractivity contribution in [2.75, 3.05) is 18.0 Å². The second-order valence-electron chi connectivity index (χ2n) is 5.55. The fraction of sp³-hybridized carbons (Fsp3) is 0.278. The molecule has 3 aromatic rings. The minimum Gasteiger partial charge on any atom is -0.507 e. The standard InChI is InChI=1S/C18H21N5O/c1-4-23(5-2)13-8-9-14(15(24)11-13)17-20-18(22-21-17)16-12(3)7-6-10-19-16/h6-11,24H,4-5H2,1-3H3,(H,20,21,22). The fourth-order valence-corrected chi connectivity index (χ4v) is 2.71. The maximum absolute atomic E-state index is 10.4. The van der Waals surface area contributed by atoms with Crippen molar-refractivity contribution >= 4 is 5.69 Å². The van der Waals surface area contributed by atoms with E-state index in [9.17, 15) is 5.11 Å². The first-order chi connectivity index (χ1) is 11.6. The van der Waals surface area contributed by atoms with Gasteiger partial charge < -0.3 is 10.0 Å². The number of aromatic hydroxyl groups is 1. The van der Waals surface area contributed by atoms with Crippen LogP contribution in [-0.4, -0.2) is 38.4 Å². The predicted octanol–water partition coefficient (Wildman–Crippen LogP) is 3.39. The van der Waals surface area contributed by atoms with E-state index in [1.807, 2.05) is 31.2 Å². The van der Waals surface area contributed by atoms with Crippen LogP contribution >= 0.6 is 0 Å². The van der Waals surface area contributed by atoms with Crippen LogP contribution in [0.2, 0.25) is 0 Å². The number of nitrogens with zero attached hydrogens (tertiary/aromatic N) is 4. The number of aromatic amines is 1. The molecule has 1 aromatic carbocycles. The summed E-state index contributed by atoms with van der Waals surface area (Å²) in [5, 5.41) is 17.5. The minimum absolute atomic E-state index is 0.180. The third-order valence-corrected chi connectivity index (χ3v) is 4.07. The summed E-state index contributed by atoms with van der Waals surface area (Å²) >= 11 is 0. The van der Waals surface area contributed by atoms with Crippen molar-refractivity contribution in [3.63, 3.8) is 0 Å². The summed E-state index contributed by atoms with van der Waals surface area (Å²) in [6.07, 6.45) is 1.72. The molecule has 0 radical (unpaired) electrons. The van der Waals surface area contributed by atoms with Crippen LogP contribution in [0.4, 0.5) is 5.69 Å². The van der Waals surface area contributed by atoms with E-state index in [1.165, 1.54) is 0 Å². The lowest BCUT2D eigenvalue weighted by Gasteiger charge is -2.21. The van der Waals surface area contributed by atoms with E-state index < -0.39 is 0 Å². The van der Waals surface area contributed by atoms with Gasteiger partial charge in [-0.15, -0.1) is 0 Å².